The van der Waals surface area contributed by atoms with Crippen molar-refractivity contribution in [1.29, 1.82) is 0 Å². The summed E-state index contributed by atoms with van der Waals surface area (Å²) in [5.41, 5.74) is 8.61. The van der Waals surface area contributed by atoms with Gasteiger partial charge in [0.2, 0.25) is 0 Å². The van der Waals surface area contributed by atoms with Crippen LogP contribution in [0.4, 0.5) is 5.69 Å². The average molecular weight is 296 g/mol. The highest BCUT2D eigenvalue weighted by molar-refractivity contribution is 6.31. The maximum absolute atomic E-state index is 6.42. The molecule has 0 radical (unpaired) electrons. The van der Waals surface area contributed by atoms with Crippen LogP contribution in [-0.2, 0) is 6.42 Å². The molecule has 112 valence electrons. The number of nitrogens with zero attached hydrogens (tertiary/aromatic N) is 2. The second kappa shape index (κ2) is 6.79. The molecular weight excluding hydrogens is 270 g/mol. The molecule has 0 saturated carbocycles. The number of anilines is 1. The fourth-order valence-corrected chi connectivity index (χ4v) is 2.97. The quantitative estimate of drug-likeness (QED) is 0.927. The molecule has 1 aromatic rings. The molecule has 3 nitrogen and oxygen atoms in total. The molecule has 4 heteroatoms. The second-order valence-electron chi connectivity index (χ2n) is 5.89. The monoisotopic (exact) mass is 295 g/mol. The van der Waals surface area contributed by atoms with Gasteiger partial charge in [0, 0.05) is 42.4 Å². The van der Waals surface area contributed by atoms with E-state index in [1.54, 1.807) is 0 Å². The summed E-state index contributed by atoms with van der Waals surface area (Å²) in [7, 11) is 2.19. The van der Waals surface area contributed by atoms with Gasteiger partial charge in [-0.2, -0.15) is 0 Å². The van der Waals surface area contributed by atoms with Crippen LogP contribution in [0.1, 0.15) is 25.8 Å². The molecule has 1 aliphatic rings. The fourth-order valence-electron chi connectivity index (χ4n) is 2.72. The summed E-state index contributed by atoms with van der Waals surface area (Å²) in [5.74, 6) is 0. The van der Waals surface area contributed by atoms with E-state index in [2.05, 4.69) is 36.8 Å². The lowest BCUT2D eigenvalue weighted by Gasteiger charge is -2.40. The zero-order valence-electron chi connectivity index (χ0n) is 12.8. The zero-order valence-corrected chi connectivity index (χ0v) is 13.5. The molecule has 1 saturated heterocycles. The topological polar surface area (TPSA) is 32.5 Å². The van der Waals surface area contributed by atoms with Crippen molar-refractivity contribution in [3.05, 3.63) is 28.8 Å². The Balaban J connectivity index is 2.24. The molecule has 2 N–H and O–H groups in total. The smallest absolute Gasteiger partial charge is 0.0459 e. The molecule has 1 fully saturated rings. The molecule has 20 heavy (non-hydrogen) atoms. The summed E-state index contributed by atoms with van der Waals surface area (Å²) in [5, 5.41) is 0.845. The molecule has 1 aliphatic heterocycles. The highest BCUT2D eigenvalue weighted by Crippen LogP contribution is 2.30. The summed E-state index contributed by atoms with van der Waals surface area (Å²) in [4.78, 5) is 4.85. The molecule has 0 aromatic heterocycles. The molecule has 0 spiro atoms. The Kier molecular flexibility index (Phi) is 5.30. The molecule has 2 unspecified atom stereocenters. The van der Waals surface area contributed by atoms with Gasteiger partial charge in [-0.15, -0.1) is 0 Å². The van der Waals surface area contributed by atoms with Gasteiger partial charge in [-0.1, -0.05) is 24.6 Å². The van der Waals surface area contributed by atoms with Crippen molar-refractivity contribution < 1.29 is 0 Å². The van der Waals surface area contributed by atoms with E-state index in [-0.39, 0.29) is 6.04 Å². The Morgan fingerprint density at radius 3 is 2.80 bits per heavy atom. The van der Waals surface area contributed by atoms with E-state index in [4.69, 9.17) is 17.3 Å². The third-order valence-electron chi connectivity index (χ3n) is 4.39. The van der Waals surface area contributed by atoms with E-state index in [0.29, 0.717) is 6.04 Å². The standard InChI is InChI=1S/C16H26ClN3/c1-4-13(18)10-14-15(17)6-5-7-16(14)20-9-8-19(3)12(2)11-20/h5-7,12-13H,4,8-11,18H2,1-3H3. The Labute approximate surface area is 127 Å². The van der Waals surface area contributed by atoms with Crippen LogP contribution in [-0.4, -0.2) is 43.7 Å². The van der Waals surface area contributed by atoms with E-state index < -0.39 is 0 Å². The maximum atomic E-state index is 6.42. The fraction of sp³-hybridized carbons (Fsp3) is 0.625. The number of halogens is 1. The third kappa shape index (κ3) is 3.46. The van der Waals surface area contributed by atoms with Gasteiger partial charge in [0.25, 0.3) is 0 Å². The number of nitrogens with two attached hydrogens (primary N) is 1. The van der Waals surface area contributed by atoms with E-state index in [1.165, 1.54) is 11.3 Å². The van der Waals surface area contributed by atoms with Crippen LogP contribution in [0.3, 0.4) is 0 Å². The lowest BCUT2D eigenvalue weighted by molar-refractivity contribution is 0.234. The molecule has 2 atom stereocenters. The molecule has 0 bridgehead atoms. The predicted molar refractivity (Wildman–Crippen MR) is 87.7 cm³/mol. The number of hydrogen-bond acceptors (Lipinski definition) is 3. The first-order valence-electron chi connectivity index (χ1n) is 7.51. The zero-order chi connectivity index (χ0) is 14.7. The Morgan fingerprint density at radius 2 is 2.15 bits per heavy atom. The highest BCUT2D eigenvalue weighted by atomic mass is 35.5. The van der Waals surface area contributed by atoms with Crippen LogP contribution in [0.5, 0.6) is 0 Å². The van der Waals surface area contributed by atoms with E-state index in [0.717, 1.165) is 37.5 Å². The summed E-state index contributed by atoms with van der Waals surface area (Å²) in [6.07, 6.45) is 1.83. The van der Waals surface area contributed by atoms with Gasteiger partial charge in [0.05, 0.1) is 0 Å². The number of rotatable bonds is 4. The van der Waals surface area contributed by atoms with E-state index >= 15 is 0 Å². The molecule has 0 aliphatic carbocycles. The molecule has 2 rings (SSSR count). The molecular formula is C16H26ClN3. The predicted octanol–water partition coefficient (Wildman–Crippen LogP) is 2.76. The Morgan fingerprint density at radius 1 is 1.40 bits per heavy atom. The largest absolute Gasteiger partial charge is 0.368 e. The van der Waals surface area contributed by atoms with Crippen LogP contribution < -0.4 is 10.6 Å². The van der Waals surface area contributed by atoms with Gasteiger partial charge in [0.1, 0.15) is 0 Å². The van der Waals surface area contributed by atoms with Gasteiger partial charge in [-0.3, -0.25) is 0 Å². The number of piperazine rings is 1. The number of likely N-dealkylation sites (N-methyl/N-ethyl adjacent to an activating group) is 1. The van der Waals surface area contributed by atoms with Crippen molar-refractivity contribution >= 4 is 17.3 Å². The van der Waals surface area contributed by atoms with Gasteiger partial charge in [-0.05, 0) is 44.5 Å². The van der Waals surface area contributed by atoms with Crippen molar-refractivity contribution in [2.75, 3.05) is 31.6 Å². The highest BCUT2D eigenvalue weighted by Gasteiger charge is 2.23. The maximum Gasteiger partial charge on any atom is 0.0459 e. The normalized spacial score (nSPS) is 22.1. The Hall–Kier alpha value is -0.770. The van der Waals surface area contributed by atoms with Crippen molar-refractivity contribution in [2.45, 2.75) is 38.8 Å². The van der Waals surface area contributed by atoms with Crippen LogP contribution in [0.2, 0.25) is 5.02 Å². The lowest BCUT2D eigenvalue weighted by Crippen LogP contribution is -2.50. The van der Waals surface area contributed by atoms with Gasteiger partial charge in [0.15, 0.2) is 0 Å². The van der Waals surface area contributed by atoms with E-state index in [1.807, 2.05) is 12.1 Å². The first-order valence-corrected chi connectivity index (χ1v) is 7.88. The minimum atomic E-state index is 0.179. The first-order chi connectivity index (χ1) is 9.52. The molecule has 0 amide bonds. The average Bonchev–Trinajstić information content (AvgIpc) is 2.44. The first kappa shape index (κ1) is 15.6. The summed E-state index contributed by atoms with van der Waals surface area (Å²) in [6.45, 7) is 7.58. The SMILES string of the molecule is CCC(N)Cc1c(Cl)cccc1N1CCN(C)C(C)C1. The van der Waals surface area contributed by atoms with Crippen molar-refractivity contribution in [2.24, 2.45) is 5.73 Å². The van der Waals surface area contributed by atoms with Crippen molar-refractivity contribution in [1.82, 2.24) is 4.90 Å². The third-order valence-corrected chi connectivity index (χ3v) is 4.74. The van der Waals surface area contributed by atoms with E-state index in [9.17, 15) is 0 Å². The van der Waals surface area contributed by atoms with Crippen LogP contribution in [0.15, 0.2) is 18.2 Å². The van der Waals surface area contributed by atoms with Crippen LogP contribution >= 0.6 is 11.6 Å². The summed E-state index contributed by atoms with van der Waals surface area (Å²) >= 11 is 6.42. The van der Waals surface area contributed by atoms with Gasteiger partial charge < -0.3 is 15.5 Å². The van der Waals surface area contributed by atoms with Gasteiger partial charge >= 0.3 is 0 Å². The van der Waals surface area contributed by atoms with Crippen molar-refractivity contribution in [3.63, 3.8) is 0 Å². The van der Waals surface area contributed by atoms with Crippen LogP contribution in [0.25, 0.3) is 0 Å². The van der Waals surface area contributed by atoms with Gasteiger partial charge in [-0.25, -0.2) is 0 Å². The molecule has 1 heterocycles. The van der Waals surface area contributed by atoms with Crippen molar-refractivity contribution in [3.8, 4) is 0 Å². The minimum Gasteiger partial charge on any atom is -0.368 e. The lowest BCUT2D eigenvalue weighted by atomic mass is 10.0. The minimum absolute atomic E-state index is 0.179. The molecule has 1 aromatic carbocycles. The Bertz CT molecular complexity index is 449. The summed E-state index contributed by atoms with van der Waals surface area (Å²) < 4.78 is 0. The second-order valence-corrected chi connectivity index (χ2v) is 6.29. The number of hydrogen-bond donors (Lipinski definition) is 1. The van der Waals surface area contributed by atoms with Crippen LogP contribution in [0, 0.1) is 0 Å². The summed E-state index contributed by atoms with van der Waals surface area (Å²) in [6, 6.07) is 6.94. The number of benzene rings is 1.